The van der Waals surface area contributed by atoms with E-state index in [1.165, 1.54) is 10.4 Å². The molecule has 8 nitrogen and oxygen atoms in total. The van der Waals surface area contributed by atoms with Crippen LogP contribution in [0, 0.1) is 0 Å². The summed E-state index contributed by atoms with van der Waals surface area (Å²) in [6, 6.07) is 11.3. The largest absolute Gasteiger partial charge is 0.497 e. The van der Waals surface area contributed by atoms with Gasteiger partial charge in [0.15, 0.2) is 0 Å². The van der Waals surface area contributed by atoms with E-state index in [1.807, 2.05) is 24.3 Å². The van der Waals surface area contributed by atoms with Crippen molar-refractivity contribution in [2.75, 3.05) is 25.6 Å². The van der Waals surface area contributed by atoms with Crippen LogP contribution in [-0.2, 0) is 31.6 Å². The van der Waals surface area contributed by atoms with Gasteiger partial charge in [-0.1, -0.05) is 12.1 Å². The number of fused-ring (bicyclic) bond motifs is 1. The standard InChI is InChI=1S/C24H29N3O5S/c1-24(2)19-14-18(10-11-20(19)26(3)23(24)29)33(30,31)27-12-6-9-21(27)22(28)25-15-16-7-5-8-17(13-16)32-4/h5,7-8,10-11,13-14,21H,6,9,12,15H2,1-4H3,(H,25,28)/t21-/m1/s1. The van der Waals surface area contributed by atoms with E-state index in [2.05, 4.69) is 5.32 Å². The molecule has 2 aliphatic heterocycles. The lowest BCUT2D eigenvalue weighted by Crippen LogP contribution is -2.45. The molecule has 4 rings (SSSR count). The first-order valence-electron chi connectivity index (χ1n) is 10.9. The maximum absolute atomic E-state index is 13.5. The molecule has 1 N–H and O–H groups in total. The number of carbonyl (C=O) groups excluding carboxylic acids is 2. The number of likely N-dealkylation sites (N-methyl/N-ethyl adjacent to an activating group) is 1. The van der Waals surface area contributed by atoms with Crippen molar-refractivity contribution in [3.8, 4) is 5.75 Å². The predicted octanol–water partition coefficient (Wildman–Crippen LogP) is 2.42. The Labute approximate surface area is 194 Å². The Balaban J connectivity index is 1.55. The van der Waals surface area contributed by atoms with E-state index < -0.39 is 21.5 Å². The van der Waals surface area contributed by atoms with Gasteiger partial charge >= 0.3 is 0 Å². The Bertz CT molecular complexity index is 1210. The molecule has 0 unspecified atom stereocenters. The van der Waals surface area contributed by atoms with Crippen LogP contribution in [0.4, 0.5) is 5.69 Å². The van der Waals surface area contributed by atoms with Crippen molar-refractivity contribution in [2.24, 2.45) is 0 Å². The molecule has 0 spiro atoms. The molecule has 0 aliphatic carbocycles. The van der Waals surface area contributed by atoms with Crippen molar-refractivity contribution in [3.05, 3.63) is 53.6 Å². The smallest absolute Gasteiger partial charge is 0.243 e. The lowest BCUT2D eigenvalue weighted by Gasteiger charge is -2.24. The van der Waals surface area contributed by atoms with Crippen LogP contribution in [0.25, 0.3) is 0 Å². The Hall–Kier alpha value is -2.91. The number of methoxy groups -OCH3 is 1. The number of sulfonamides is 1. The SMILES string of the molecule is COc1cccc(CNC(=O)[C@H]2CCCN2S(=O)(=O)c2ccc3c(c2)C(C)(C)C(=O)N3C)c1. The molecule has 0 bridgehead atoms. The first-order chi connectivity index (χ1) is 15.6. The molecule has 2 heterocycles. The average Bonchev–Trinajstić information content (AvgIpc) is 3.37. The Kier molecular flexibility index (Phi) is 5.96. The molecular formula is C24H29N3O5S. The molecule has 2 amide bonds. The number of amides is 2. The average molecular weight is 472 g/mol. The summed E-state index contributed by atoms with van der Waals surface area (Å²) >= 11 is 0. The Morgan fingerprint density at radius 1 is 1.21 bits per heavy atom. The molecule has 9 heteroatoms. The van der Waals surface area contributed by atoms with Gasteiger partial charge in [-0.3, -0.25) is 9.59 Å². The summed E-state index contributed by atoms with van der Waals surface area (Å²) in [6.07, 6.45) is 1.06. The van der Waals surface area contributed by atoms with Gasteiger partial charge in [0, 0.05) is 25.8 Å². The highest BCUT2D eigenvalue weighted by Gasteiger charge is 2.44. The van der Waals surface area contributed by atoms with E-state index >= 15 is 0 Å². The first kappa shape index (κ1) is 23.3. The molecule has 1 saturated heterocycles. The van der Waals surface area contributed by atoms with Crippen molar-refractivity contribution in [3.63, 3.8) is 0 Å². The fraction of sp³-hybridized carbons (Fsp3) is 0.417. The van der Waals surface area contributed by atoms with E-state index in [0.29, 0.717) is 29.8 Å². The monoisotopic (exact) mass is 471 g/mol. The van der Waals surface area contributed by atoms with Gasteiger partial charge in [0.05, 0.1) is 17.4 Å². The van der Waals surface area contributed by atoms with Crippen LogP contribution in [0.15, 0.2) is 47.4 Å². The third-order valence-electron chi connectivity index (χ3n) is 6.56. The van der Waals surface area contributed by atoms with Crippen molar-refractivity contribution in [1.29, 1.82) is 0 Å². The van der Waals surface area contributed by atoms with E-state index in [9.17, 15) is 18.0 Å². The van der Waals surface area contributed by atoms with Crippen molar-refractivity contribution < 1.29 is 22.7 Å². The van der Waals surface area contributed by atoms with Crippen LogP contribution in [0.5, 0.6) is 5.75 Å². The molecule has 1 atom stereocenters. The van der Waals surface area contributed by atoms with E-state index in [4.69, 9.17) is 4.74 Å². The third-order valence-corrected chi connectivity index (χ3v) is 8.46. The quantitative estimate of drug-likeness (QED) is 0.698. The van der Waals surface area contributed by atoms with Crippen LogP contribution in [0.1, 0.15) is 37.8 Å². The van der Waals surface area contributed by atoms with Gasteiger partial charge in [0.2, 0.25) is 21.8 Å². The van der Waals surface area contributed by atoms with Gasteiger partial charge in [0.1, 0.15) is 11.8 Å². The summed E-state index contributed by atoms with van der Waals surface area (Å²) in [5.41, 5.74) is 1.44. The molecular weight excluding hydrogens is 442 g/mol. The zero-order valence-electron chi connectivity index (χ0n) is 19.3. The molecule has 0 saturated carbocycles. The fourth-order valence-corrected chi connectivity index (χ4v) is 6.31. The zero-order chi connectivity index (χ0) is 24.0. The maximum atomic E-state index is 13.5. The van der Waals surface area contributed by atoms with Gasteiger partial charge in [0.25, 0.3) is 0 Å². The summed E-state index contributed by atoms with van der Waals surface area (Å²) in [4.78, 5) is 27.2. The summed E-state index contributed by atoms with van der Waals surface area (Å²) < 4.78 is 33.5. The zero-order valence-corrected chi connectivity index (χ0v) is 20.1. The normalized spacial score (nSPS) is 20.1. The summed E-state index contributed by atoms with van der Waals surface area (Å²) in [7, 11) is -0.646. The van der Waals surface area contributed by atoms with Gasteiger partial charge in [-0.2, -0.15) is 4.31 Å². The molecule has 1 fully saturated rings. The highest BCUT2D eigenvalue weighted by Crippen LogP contribution is 2.42. The summed E-state index contributed by atoms with van der Waals surface area (Å²) in [5, 5.41) is 2.86. The minimum atomic E-state index is -3.91. The second kappa shape index (κ2) is 8.46. The second-order valence-electron chi connectivity index (χ2n) is 9.01. The second-order valence-corrected chi connectivity index (χ2v) is 10.9. The molecule has 0 radical (unpaired) electrons. The highest BCUT2D eigenvalue weighted by molar-refractivity contribution is 7.89. The third kappa shape index (κ3) is 4.00. The lowest BCUT2D eigenvalue weighted by atomic mass is 9.86. The van der Waals surface area contributed by atoms with E-state index in [1.54, 1.807) is 45.0 Å². The van der Waals surface area contributed by atoms with Gasteiger partial charge in [-0.25, -0.2) is 8.42 Å². The minimum Gasteiger partial charge on any atom is -0.497 e. The number of benzene rings is 2. The van der Waals surface area contributed by atoms with E-state index in [0.717, 1.165) is 5.56 Å². The van der Waals surface area contributed by atoms with Crippen molar-refractivity contribution in [2.45, 2.75) is 49.6 Å². The number of hydrogen-bond acceptors (Lipinski definition) is 5. The maximum Gasteiger partial charge on any atom is 0.243 e. The Morgan fingerprint density at radius 3 is 2.70 bits per heavy atom. The minimum absolute atomic E-state index is 0.0805. The number of anilines is 1. The number of ether oxygens (including phenoxy) is 1. The molecule has 2 aliphatic rings. The molecule has 2 aromatic carbocycles. The number of nitrogens with one attached hydrogen (secondary N) is 1. The molecule has 0 aromatic heterocycles. The Morgan fingerprint density at radius 2 is 1.97 bits per heavy atom. The molecule has 2 aromatic rings. The number of rotatable bonds is 6. The summed E-state index contributed by atoms with van der Waals surface area (Å²) in [6.45, 7) is 4.14. The van der Waals surface area contributed by atoms with Gasteiger partial charge in [-0.15, -0.1) is 0 Å². The van der Waals surface area contributed by atoms with Crippen LogP contribution in [0.3, 0.4) is 0 Å². The fourth-order valence-electron chi connectivity index (χ4n) is 4.63. The highest BCUT2D eigenvalue weighted by atomic mass is 32.2. The summed E-state index contributed by atoms with van der Waals surface area (Å²) in [5.74, 6) is 0.286. The van der Waals surface area contributed by atoms with Crippen LogP contribution >= 0.6 is 0 Å². The molecule has 176 valence electrons. The lowest BCUT2D eigenvalue weighted by molar-refractivity contribution is -0.124. The topological polar surface area (TPSA) is 96.0 Å². The van der Waals surface area contributed by atoms with Crippen LogP contribution in [-0.4, -0.2) is 51.3 Å². The number of hydrogen-bond donors (Lipinski definition) is 1. The first-order valence-corrected chi connectivity index (χ1v) is 12.4. The van der Waals surface area contributed by atoms with Crippen LogP contribution in [0.2, 0.25) is 0 Å². The molecule has 33 heavy (non-hydrogen) atoms. The van der Waals surface area contributed by atoms with Gasteiger partial charge in [-0.05, 0) is 68.1 Å². The van der Waals surface area contributed by atoms with Crippen molar-refractivity contribution >= 4 is 27.5 Å². The van der Waals surface area contributed by atoms with Gasteiger partial charge < -0.3 is 15.0 Å². The predicted molar refractivity (Wildman–Crippen MR) is 125 cm³/mol. The number of nitrogens with zero attached hydrogens (tertiary/aromatic N) is 2. The number of carbonyl (C=O) groups is 2. The van der Waals surface area contributed by atoms with Crippen molar-refractivity contribution in [1.82, 2.24) is 9.62 Å². The van der Waals surface area contributed by atoms with E-state index in [-0.39, 0.29) is 29.8 Å². The van der Waals surface area contributed by atoms with Crippen LogP contribution < -0.4 is 15.0 Å².